The Balaban J connectivity index is 1.57. The molecule has 1 amide bonds. The SMILES string of the molecule is O=C(O)[C@H]1CCCN(C(=O)CC2CCc3ccccc3C2)C1. The van der Waals surface area contributed by atoms with Crippen molar-refractivity contribution in [2.75, 3.05) is 13.1 Å². The lowest BCUT2D eigenvalue weighted by molar-refractivity contribution is -0.145. The molecule has 4 nitrogen and oxygen atoms in total. The number of amides is 1. The lowest BCUT2D eigenvalue weighted by atomic mass is 9.82. The zero-order valence-corrected chi connectivity index (χ0v) is 12.8. The van der Waals surface area contributed by atoms with Gasteiger partial charge >= 0.3 is 5.97 Å². The molecule has 1 fully saturated rings. The molecule has 1 saturated heterocycles. The minimum absolute atomic E-state index is 0.135. The molecule has 1 aromatic rings. The van der Waals surface area contributed by atoms with Crippen molar-refractivity contribution in [2.24, 2.45) is 11.8 Å². The molecule has 1 aliphatic carbocycles. The summed E-state index contributed by atoms with van der Waals surface area (Å²) in [5.41, 5.74) is 2.78. The third-order valence-electron chi connectivity index (χ3n) is 5.04. The van der Waals surface area contributed by atoms with Gasteiger partial charge in [-0.3, -0.25) is 9.59 Å². The number of carbonyl (C=O) groups excluding carboxylic acids is 1. The average molecular weight is 301 g/mol. The van der Waals surface area contributed by atoms with E-state index in [-0.39, 0.29) is 11.8 Å². The van der Waals surface area contributed by atoms with Gasteiger partial charge in [0.1, 0.15) is 0 Å². The topological polar surface area (TPSA) is 57.6 Å². The Morgan fingerprint density at radius 3 is 2.73 bits per heavy atom. The zero-order valence-electron chi connectivity index (χ0n) is 12.8. The minimum atomic E-state index is -0.774. The van der Waals surface area contributed by atoms with E-state index in [0.717, 1.165) is 25.7 Å². The summed E-state index contributed by atoms with van der Waals surface area (Å²) >= 11 is 0. The first-order valence-corrected chi connectivity index (χ1v) is 8.21. The molecule has 4 heteroatoms. The summed E-state index contributed by atoms with van der Waals surface area (Å²) < 4.78 is 0. The van der Waals surface area contributed by atoms with E-state index < -0.39 is 5.97 Å². The van der Waals surface area contributed by atoms with E-state index >= 15 is 0 Å². The number of hydrogen-bond donors (Lipinski definition) is 1. The van der Waals surface area contributed by atoms with Crippen LogP contribution in [-0.4, -0.2) is 35.0 Å². The second-order valence-electron chi connectivity index (χ2n) is 6.60. The van der Waals surface area contributed by atoms with Crippen molar-refractivity contribution in [2.45, 2.75) is 38.5 Å². The molecule has 22 heavy (non-hydrogen) atoms. The molecule has 1 aliphatic heterocycles. The lowest BCUT2D eigenvalue weighted by Crippen LogP contribution is -2.43. The number of aryl methyl sites for hydroxylation is 1. The summed E-state index contributed by atoms with van der Waals surface area (Å²) in [6.07, 6.45) is 5.12. The van der Waals surface area contributed by atoms with Crippen LogP contribution in [0.25, 0.3) is 0 Å². The van der Waals surface area contributed by atoms with Crippen molar-refractivity contribution in [1.29, 1.82) is 0 Å². The highest BCUT2D eigenvalue weighted by molar-refractivity contribution is 5.78. The van der Waals surface area contributed by atoms with Gasteiger partial charge in [-0.1, -0.05) is 24.3 Å². The van der Waals surface area contributed by atoms with Gasteiger partial charge in [-0.05, 0) is 49.1 Å². The standard InChI is InChI=1S/C18H23NO3/c20-17(19-9-3-6-16(12-19)18(21)22)11-13-7-8-14-4-1-2-5-15(14)10-13/h1-2,4-5,13,16H,3,6-12H2,(H,21,22)/t13?,16-/m0/s1. The van der Waals surface area contributed by atoms with Crippen LogP contribution in [0.1, 0.15) is 36.8 Å². The number of hydrogen-bond acceptors (Lipinski definition) is 2. The number of rotatable bonds is 3. The molecule has 1 N–H and O–H groups in total. The Kier molecular flexibility index (Phi) is 4.46. The van der Waals surface area contributed by atoms with E-state index in [4.69, 9.17) is 5.11 Å². The molecule has 1 heterocycles. The molecule has 0 radical (unpaired) electrons. The molecule has 1 aromatic carbocycles. The van der Waals surface area contributed by atoms with Crippen molar-refractivity contribution in [3.8, 4) is 0 Å². The molecule has 0 bridgehead atoms. The van der Waals surface area contributed by atoms with Gasteiger partial charge in [0.15, 0.2) is 0 Å². The monoisotopic (exact) mass is 301 g/mol. The number of carboxylic acids is 1. The van der Waals surface area contributed by atoms with Gasteiger partial charge in [-0.2, -0.15) is 0 Å². The van der Waals surface area contributed by atoms with Gasteiger partial charge in [-0.15, -0.1) is 0 Å². The van der Waals surface area contributed by atoms with Crippen LogP contribution in [-0.2, 0) is 22.4 Å². The van der Waals surface area contributed by atoms with Crippen molar-refractivity contribution >= 4 is 11.9 Å². The van der Waals surface area contributed by atoms with Crippen molar-refractivity contribution < 1.29 is 14.7 Å². The molecule has 0 aromatic heterocycles. The molecule has 118 valence electrons. The summed E-state index contributed by atoms with van der Waals surface area (Å²) in [5, 5.41) is 9.13. The summed E-state index contributed by atoms with van der Waals surface area (Å²) in [4.78, 5) is 25.4. The van der Waals surface area contributed by atoms with Crippen LogP contribution in [0.4, 0.5) is 0 Å². The second kappa shape index (κ2) is 6.51. The molecule has 0 saturated carbocycles. The third kappa shape index (κ3) is 3.32. The first kappa shape index (κ1) is 15.1. The highest BCUT2D eigenvalue weighted by Crippen LogP contribution is 2.28. The summed E-state index contributed by atoms with van der Waals surface area (Å²) in [6, 6.07) is 8.47. The molecule has 1 unspecified atom stereocenters. The molecular weight excluding hydrogens is 278 g/mol. The van der Waals surface area contributed by atoms with Crippen LogP contribution in [0.2, 0.25) is 0 Å². The van der Waals surface area contributed by atoms with Crippen LogP contribution in [0.3, 0.4) is 0 Å². The Bertz CT molecular complexity index is 569. The van der Waals surface area contributed by atoms with E-state index in [1.165, 1.54) is 11.1 Å². The molecule has 2 atom stereocenters. The van der Waals surface area contributed by atoms with Gasteiger partial charge in [0, 0.05) is 19.5 Å². The first-order valence-electron chi connectivity index (χ1n) is 8.21. The highest BCUT2D eigenvalue weighted by Gasteiger charge is 2.29. The molecule has 0 spiro atoms. The fourth-order valence-electron chi connectivity index (χ4n) is 3.73. The number of carboxylic acid groups (broad SMARTS) is 1. The Labute approximate surface area is 131 Å². The van der Waals surface area contributed by atoms with Gasteiger partial charge in [0.25, 0.3) is 0 Å². The molecule has 3 rings (SSSR count). The smallest absolute Gasteiger partial charge is 0.308 e. The maximum absolute atomic E-state index is 12.5. The van der Waals surface area contributed by atoms with Gasteiger partial charge in [-0.25, -0.2) is 0 Å². The van der Waals surface area contributed by atoms with Crippen molar-refractivity contribution in [3.63, 3.8) is 0 Å². The minimum Gasteiger partial charge on any atom is -0.481 e. The quantitative estimate of drug-likeness (QED) is 0.933. The Morgan fingerprint density at radius 1 is 1.18 bits per heavy atom. The van der Waals surface area contributed by atoms with E-state index in [2.05, 4.69) is 24.3 Å². The average Bonchev–Trinajstić information content (AvgIpc) is 2.55. The largest absolute Gasteiger partial charge is 0.481 e. The summed E-state index contributed by atoms with van der Waals surface area (Å²) in [6.45, 7) is 1.10. The van der Waals surface area contributed by atoms with Crippen molar-refractivity contribution in [3.05, 3.63) is 35.4 Å². The third-order valence-corrected chi connectivity index (χ3v) is 5.04. The number of aliphatic carboxylic acids is 1. The zero-order chi connectivity index (χ0) is 15.5. The van der Waals surface area contributed by atoms with Crippen LogP contribution >= 0.6 is 0 Å². The Hall–Kier alpha value is -1.84. The Morgan fingerprint density at radius 2 is 1.95 bits per heavy atom. The maximum atomic E-state index is 12.5. The number of carbonyl (C=O) groups is 2. The highest BCUT2D eigenvalue weighted by atomic mass is 16.4. The predicted octanol–water partition coefficient (Wildman–Crippen LogP) is 2.50. The van der Waals surface area contributed by atoms with E-state index in [1.54, 1.807) is 4.90 Å². The van der Waals surface area contributed by atoms with E-state index in [9.17, 15) is 9.59 Å². The predicted molar refractivity (Wildman–Crippen MR) is 83.5 cm³/mol. The lowest BCUT2D eigenvalue weighted by Gasteiger charge is -2.32. The fraction of sp³-hybridized carbons (Fsp3) is 0.556. The van der Waals surface area contributed by atoms with E-state index in [1.807, 2.05) is 0 Å². The van der Waals surface area contributed by atoms with Crippen molar-refractivity contribution in [1.82, 2.24) is 4.90 Å². The normalized spacial score (nSPS) is 24.6. The fourth-order valence-corrected chi connectivity index (χ4v) is 3.73. The van der Waals surface area contributed by atoms with Gasteiger partial charge in [0.05, 0.1) is 5.92 Å². The van der Waals surface area contributed by atoms with Gasteiger partial charge in [0.2, 0.25) is 5.91 Å². The second-order valence-corrected chi connectivity index (χ2v) is 6.60. The number of likely N-dealkylation sites (tertiary alicyclic amines) is 1. The van der Waals surface area contributed by atoms with Gasteiger partial charge < -0.3 is 10.0 Å². The van der Waals surface area contributed by atoms with Crippen LogP contribution < -0.4 is 0 Å². The van der Waals surface area contributed by atoms with Crippen LogP contribution in [0, 0.1) is 11.8 Å². The molecular formula is C18H23NO3. The first-order chi connectivity index (χ1) is 10.6. The summed E-state index contributed by atoms with van der Waals surface area (Å²) in [5.74, 6) is -0.628. The van der Waals surface area contributed by atoms with E-state index in [0.29, 0.717) is 31.8 Å². The maximum Gasteiger partial charge on any atom is 0.308 e. The van der Waals surface area contributed by atoms with Crippen LogP contribution in [0.15, 0.2) is 24.3 Å². The number of nitrogens with zero attached hydrogens (tertiary/aromatic N) is 1. The number of piperidine rings is 1. The van der Waals surface area contributed by atoms with Crippen LogP contribution in [0.5, 0.6) is 0 Å². The number of benzene rings is 1. The molecule has 2 aliphatic rings. The number of fused-ring (bicyclic) bond motifs is 1. The summed E-state index contributed by atoms with van der Waals surface area (Å²) in [7, 11) is 0.